The Bertz CT molecular complexity index is 1190. The number of nitrogens with one attached hydrogen (secondary N) is 3. The number of rotatable bonds is 3. The van der Waals surface area contributed by atoms with Crippen LogP contribution in [0.3, 0.4) is 0 Å². The standard InChI is InChI=1S/C30H39FN4O5/c1-18-17-33-25(21-10-11-21)30(39)35(3)19(2)28(37)34-26(27(36)22-12-14-23(31)15-13-22)29(38)32-16-6-8-20-7-4-5-9-24(20)40-18/h4-5,7,9,12-15,18-19,21,25-27,33,36H,6,8,10-11,16-17H2,1-3H3,(H,32,38)(H,34,37)/t18-,19-,25+,26-,27-/m1/s1. The summed E-state index contributed by atoms with van der Waals surface area (Å²) in [6.45, 7) is 4.28. The van der Waals surface area contributed by atoms with Gasteiger partial charge >= 0.3 is 0 Å². The Hall–Kier alpha value is -3.50. The quantitative estimate of drug-likeness (QED) is 0.461. The van der Waals surface area contributed by atoms with E-state index >= 15 is 0 Å². The number of hydrogen-bond acceptors (Lipinski definition) is 6. The molecule has 0 saturated heterocycles. The monoisotopic (exact) mass is 554 g/mol. The Morgan fingerprint density at radius 2 is 1.73 bits per heavy atom. The Morgan fingerprint density at radius 3 is 2.42 bits per heavy atom. The van der Waals surface area contributed by atoms with E-state index in [2.05, 4.69) is 16.0 Å². The second-order valence-electron chi connectivity index (χ2n) is 10.8. The molecule has 2 aromatic carbocycles. The molecule has 5 atom stereocenters. The number of carbonyl (C=O) groups is 3. The summed E-state index contributed by atoms with van der Waals surface area (Å²) in [6.07, 6.45) is 1.44. The fraction of sp³-hybridized carbons (Fsp3) is 0.500. The maximum absolute atomic E-state index is 13.5. The molecule has 216 valence electrons. The molecule has 0 aromatic heterocycles. The molecule has 10 heteroatoms. The largest absolute Gasteiger partial charge is 0.489 e. The van der Waals surface area contributed by atoms with Crippen molar-refractivity contribution in [3.8, 4) is 5.75 Å². The van der Waals surface area contributed by atoms with E-state index in [1.165, 1.54) is 29.2 Å². The highest BCUT2D eigenvalue weighted by Gasteiger charge is 2.40. The number of nitrogens with zero attached hydrogens (tertiary/aromatic N) is 1. The molecule has 2 aromatic rings. The summed E-state index contributed by atoms with van der Waals surface area (Å²) in [5, 5.41) is 19.9. The highest BCUT2D eigenvalue weighted by Crippen LogP contribution is 2.34. The molecule has 1 saturated carbocycles. The van der Waals surface area contributed by atoms with Gasteiger partial charge in [0.15, 0.2) is 0 Å². The van der Waals surface area contributed by atoms with Gasteiger partial charge in [-0.25, -0.2) is 4.39 Å². The maximum atomic E-state index is 13.5. The summed E-state index contributed by atoms with van der Waals surface area (Å²) < 4.78 is 19.7. The van der Waals surface area contributed by atoms with Crippen LogP contribution in [0, 0.1) is 11.7 Å². The summed E-state index contributed by atoms with van der Waals surface area (Å²) in [7, 11) is 1.56. The smallest absolute Gasteiger partial charge is 0.245 e. The zero-order valence-electron chi connectivity index (χ0n) is 23.2. The first-order valence-corrected chi connectivity index (χ1v) is 13.9. The van der Waals surface area contributed by atoms with E-state index in [0.29, 0.717) is 25.9 Å². The van der Waals surface area contributed by atoms with Gasteiger partial charge in [0.1, 0.15) is 35.9 Å². The van der Waals surface area contributed by atoms with Gasteiger partial charge in [0.05, 0.1) is 6.04 Å². The lowest BCUT2D eigenvalue weighted by Crippen LogP contribution is -2.57. The third kappa shape index (κ3) is 7.37. The molecule has 4 N–H and O–H groups in total. The van der Waals surface area contributed by atoms with Crippen LogP contribution in [0.15, 0.2) is 48.5 Å². The minimum atomic E-state index is -1.43. The van der Waals surface area contributed by atoms with Crippen LogP contribution in [0.5, 0.6) is 5.75 Å². The van der Waals surface area contributed by atoms with Crippen LogP contribution in [-0.4, -0.2) is 72.1 Å². The van der Waals surface area contributed by atoms with Crippen LogP contribution in [-0.2, 0) is 20.8 Å². The van der Waals surface area contributed by atoms with Crippen LogP contribution < -0.4 is 20.7 Å². The topological polar surface area (TPSA) is 120 Å². The van der Waals surface area contributed by atoms with Crippen LogP contribution >= 0.6 is 0 Å². The summed E-state index contributed by atoms with van der Waals surface area (Å²) in [5.41, 5.74) is 1.27. The second-order valence-corrected chi connectivity index (χ2v) is 10.8. The lowest BCUT2D eigenvalue weighted by Gasteiger charge is -2.31. The van der Waals surface area contributed by atoms with Crippen molar-refractivity contribution >= 4 is 17.7 Å². The summed E-state index contributed by atoms with van der Waals surface area (Å²) in [5.74, 6) is -0.948. The lowest BCUT2D eigenvalue weighted by molar-refractivity contribution is -0.142. The molecule has 40 heavy (non-hydrogen) atoms. The molecule has 9 nitrogen and oxygen atoms in total. The molecule has 0 unspecified atom stereocenters. The van der Waals surface area contributed by atoms with Gasteiger partial charge in [0.2, 0.25) is 17.7 Å². The Balaban J connectivity index is 1.59. The van der Waals surface area contributed by atoms with Crippen molar-refractivity contribution in [2.45, 2.75) is 69.9 Å². The third-order valence-corrected chi connectivity index (χ3v) is 7.62. The summed E-state index contributed by atoms with van der Waals surface area (Å²) in [6, 6.07) is 10.1. The minimum absolute atomic E-state index is 0.175. The van der Waals surface area contributed by atoms with E-state index in [0.717, 1.165) is 24.2 Å². The van der Waals surface area contributed by atoms with E-state index in [9.17, 15) is 23.9 Å². The van der Waals surface area contributed by atoms with Gasteiger partial charge < -0.3 is 30.7 Å². The van der Waals surface area contributed by atoms with Gasteiger partial charge in [-0.1, -0.05) is 30.3 Å². The van der Waals surface area contributed by atoms with Gasteiger partial charge in [-0.3, -0.25) is 14.4 Å². The average Bonchev–Trinajstić information content (AvgIpc) is 3.78. The molecule has 1 aliphatic carbocycles. The van der Waals surface area contributed by atoms with E-state index in [1.807, 2.05) is 31.2 Å². The Morgan fingerprint density at radius 1 is 1.02 bits per heavy atom. The first-order valence-electron chi connectivity index (χ1n) is 13.9. The summed E-state index contributed by atoms with van der Waals surface area (Å²) >= 11 is 0. The van der Waals surface area contributed by atoms with E-state index in [-0.39, 0.29) is 23.5 Å². The zero-order valence-corrected chi connectivity index (χ0v) is 23.2. The third-order valence-electron chi connectivity index (χ3n) is 7.62. The molecule has 1 heterocycles. The first-order chi connectivity index (χ1) is 19.2. The predicted octanol–water partition coefficient (Wildman–Crippen LogP) is 2.09. The molecule has 1 aliphatic heterocycles. The minimum Gasteiger partial charge on any atom is -0.489 e. The van der Waals surface area contributed by atoms with Crippen molar-refractivity contribution in [1.82, 2.24) is 20.9 Å². The number of halogens is 1. The SMILES string of the molecule is C[C@@H]1CN[C@@H](C2CC2)C(=O)N(C)[C@H](C)C(=O)N[C@H]([C@H](O)c2ccc(F)cc2)C(=O)NCCCc2ccccc2O1. The van der Waals surface area contributed by atoms with Crippen molar-refractivity contribution in [2.24, 2.45) is 5.92 Å². The number of aryl methyl sites for hydroxylation is 1. The number of likely N-dealkylation sites (N-methyl/N-ethyl adjacent to an activating group) is 1. The first kappa shape index (κ1) is 29.5. The van der Waals surface area contributed by atoms with Gasteiger partial charge in [-0.2, -0.15) is 0 Å². The molecule has 0 bridgehead atoms. The molecule has 0 spiro atoms. The predicted molar refractivity (Wildman–Crippen MR) is 148 cm³/mol. The number of hydrogen-bond donors (Lipinski definition) is 4. The van der Waals surface area contributed by atoms with Crippen LogP contribution in [0.2, 0.25) is 0 Å². The molecular formula is C30H39FN4O5. The number of aliphatic hydroxyl groups excluding tert-OH is 1. The Kier molecular flexibility index (Phi) is 9.76. The summed E-state index contributed by atoms with van der Waals surface area (Å²) in [4.78, 5) is 41.4. The molecule has 4 rings (SSSR count). The molecule has 0 radical (unpaired) electrons. The van der Waals surface area contributed by atoms with Crippen LogP contribution in [0.1, 0.15) is 50.3 Å². The fourth-order valence-electron chi connectivity index (χ4n) is 4.86. The van der Waals surface area contributed by atoms with Crippen molar-refractivity contribution < 1.29 is 28.6 Å². The van der Waals surface area contributed by atoms with Crippen molar-refractivity contribution in [2.75, 3.05) is 20.1 Å². The van der Waals surface area contributed by atoms with Gasteiger partial charge in [0.25, 0.3) is 0 Å². The zero-order chi connectivity index (χ0) is 28.8. The van der Waals surface area contributed by atoms with Gasteiger partial charge in [-0.05, 0) is 74.8 Å². The Labute approximate surface area is 234 Å². The molecular weight excluding hydrogens is 515 g/mol. The van der Waals surface area contributed by atoms with Gasteiger partial charge in [-0.15, -0.1) is 0 Å². The average molecular weight is 555 g/mol. The van der Waals surface area contributed by atoms with Crippen molar-refractivity contribution in [1.29, 1.82) is 0 Å². The van der Waals surface area contributed by atoms with E-state index in [1.54, 1.807) is 14.0 Å². The highest BCUT2D eigenvalue weighted by atomic mass is 19.1. The van der Waals surface area contributed by atoms with Crippen LogP contribution in [0.25, 0.3) is 0 Å². The number of amides is 3. The number of ether oxygens (including phenoxy) is 1. The number of benzene rings is 2. The fourth-order valence-corrected chi connectivity index (χ4v) is 4.86. The second kappa shape index (κ2) is 13.2. The molecule has 1 fully saturated rings. The van der Waals surface area contributed by atoms with Crippen molar-refractivity contribution in [3.63, 3.8) is 0 Å². The van der Waals surface area contributed by atoms with Gasteiger partial charge in [0, 0.05) is 20.1 Å². The normalized spacial score (nSPS) is 26.4. The number of aliphatic hydroxyl groups is 1. The lowest BCUT2D eigenvalue weighted by atomic mass is 10.0. The number of para-hydroxylation sites is 1. The number of carbonyl (C=O) groups excluding carboxylic acids is 3. The highest BCUT2D eigenvalue weighted by molar-refractivity contribution is 5.93. The van der Waals surface area contributed by atoms with Crippen LogP contribution in [0.4, 0.5) is 4.39 Å². The molecule has 2 aliphatic rings. The van der Waals surface area contributed by atoms with Crippen molar-refractivity contribution in [3.05, 3.63) is 65.5 Å². The van der Waals surface area contributed by atoms with E-state index in [4.69, 9.17) is 4.74 Å². The molecule has 3 amide bonds. The van der Waals surface area contributed by atoms with E-state index < -0.39 is 41.9 Å². The number of fused-ring (bicyclic) bond motifs is 1. The maximum Gasteiger partial charge on any atom is 0.245 e.